The molecule has 2 aromatic rings. The normalized spacial score (nSPS) is 18.3. The van der Waals surface area contributed by atoms with Gasteiger partial charge in [-0.3, -0.25) is 9.69 Å². The van der Waals surface area contributed by atoms with Gasteiger partial charge in [-0.2, -0.15) is 0 Å². The minimum Gasteiger partial charge on any atom is -0.363 e. The minimum atomic E-state index is -0.0317. The fraction of sp³-hybridized carbons (Fsp3) is 0.444. The van der Waals surface area contributed by atoms with E-state index in [-0.39, 0.29) is 11.9 Å². The van der Waals surface area contributed by atoms with Crippen LogP contribution in [0.5, 0.6) is 0 Å². The van der Waals surface area contributed by atoms with E-state index in [2.05, 4.69) is 32.7 Å². The van der Waals surface area contributed by atoms with Gasteiger partial charge in [0.2, 0.25) is 0 Å². The lowest BCUT2D eigenvalue weighted by atomic mass is 10.1. The molecule has 2 aromatic heterocycles. The number of amides is 1. The third-order valence-corrected chi connectivity index (χ3v) is 5.13. The van der Waals surface area contributed by atoms with E-state index in [4.69, 9.17) is 0 Å². The fourth-order valence-electron chi connectivity index (χ4n) is 2.99. The van der Waals surface area contributed by atoms with Gasteiger partial charge in [-0.1, -0.05) is 6.07 Å². The van der Waals surface area contributed by atoms with Crippen molar-refractivity contribution < 1.29 is 4.79 Å². The monoisotopic (exact) mass is 344 g/mol. The van der Waals surface area contributed by atoms with E-state index >= 15 is 0 Å². The van der Waals surface area contributed by atoms with Crippen LogP contribution in [0.4, 0.5) is 5.82 Å². The summed E-state index contributed by atoms with van der Waals surface area (Å²) in [5.74, 6) is 0.821. The van der Waals surface area contributed by atoms with Crippen molar-refractivity contribution in [3.05, 3.63) is 46.3 Å². The number of anilines is 1. The van der Waals surface area contributed by atoms with Crippen molar-refractivity contribution in [2.75, 3.05) is 32.1 Å². The smallest absolute Gasteiger partial charge is 0.253 e. The molecule has 1 aliphatic heterocycles. The molecule has 1 saturated heterocycles. The van der Waals surface area contributed by atoms with Crippen molar-refractivity contribution >= 4 is 23.1 Å². The summed E-state index contributed by atoms with van der Waals surface area (Å²) >= 11 is 1.79. The SMILES string of the molecule is CN(C)c1ccc(C(=O)NC2CCCN(Cc3cccs3)C2)cn1. The predicted octanol–water partition coefficient (Wildman–Crippen LogP) is 2.60. The number of thiophene rings is 1. The molecule has 1 amide bonds. The molecule has 3 heterocycles. The van der Waals surface area contributed by atoms with Crippen LogP contribution >= 0.6 is 11.3 Å². The van der Waals surface area contributed by atoms with Crippen LogP contribution < -0.4 is 10.2 Å². The summed E-state index contributed by atoms with van der Waals surface area (Å²) in [5.41, 5.74) is 0.621. The standard InChI is InChI=1S/C18H24N4OS/c1-21(2)17-8-7-14(11-19-17)18(23)20-15-5-3-9-22(12-15)13-16-6-4-10-24-16/h4,6-8,10-11,15H,3,5,9,12-13H2,1-2H3,(H,20,23). The van der Waals surface area contributed by atoms with Gasteiger partial charge in [0.25, 0.3) is 5.91 Å². The number of carbonyl (C=O) groups is 1. The summed E-state index contributed by atoms with van der Waals surface area (Å²) in [6, 6.07) is 8.18. The van der Waals surface area contributed by atoms with Crippen LogP contribution in [-0.2, 0) is 6.54 Å². The highest BCUT2D eigenvalue weighted by Gasteiger charge is 2.22. The predicted molar refractivity (Wildman–Crippen MR) is 98.6 cm³/mol. The number of nitrogens with zero attached hydrogens (tertiary/aromatic N) is 3. The molecule has 1 unspecified atom stereocenters. The van der Waals surface area contributed by atoms with Gasteiger partial charge in [-0.15, -0.1) is 11.3 Å². The second-order valence-electron chi connectivity index (χ2n) is 6.43. The van der Waals surface area contributed by atoms with Crippen molar-refractivity contribution in [2.45, 2.75) is 25.4 Å². The Morgan fingerprint density at radius 2 is 2.29 bits per heavy atom. The molecule has 1 aliphatic rings. The summed E-state index contributed by atoms with van der Waals surface area (Å²) in [4.78, 5) is 22.5. The molecule has 0 saturated carbocycles. The number of carbonyl (C=O) groups excluding carboxylic acids is 1. The highest BCUT2D eigenvalue weighted by molar-refractivity contribution is 7.09. The molecular weight excluding hydrogens is 320 g/mol. The summed E-state index contributed by atoms with van der Waals surface area (Å²) < 4.78 is 0. The molecule has 0 bridgehead atoms. The van der Waals surface area contributed by atoms with Crippen LogP contribution in [0.2, 0.25) is 0 Å². The number of piperidine rings is 1. The van der Waals surface area contributed by atoms with Crippen molar-refractivity contribution in [1.29, 1.82) is 0 Å². The Labute approximate surface area is 147 Å². The lowest BCUT2D eigenvalue weighted by Crippen LogP contribution is -2.47. The molecule has 1 N–H and O–H groups in total. The Bertz CT molecular complexity index is 654. The molecule has 1 fully saturated rings. The van der Waals surface area contributed by atoms with Crippen LogP contribution in [0.3, 0.4) is 0 Å². The van der Waals surface area contributed by atoms with E-state index in [1.807, 2.05) is 31.1 Å². The van der Waals surface area contributed by atoms with E-state index in [1.54, 1.807) is 17.5 Å². The van der Waals surface area contributed by atoms with Crippen molar-refractivity contribution in [3.63, 3.8) is 0 Å². The van der Waals surface area contributed by atoms with Crippen molar-refractivity contribution in [1.82, 2.24) is 15.2 Å². The van der Waals surface area contributed by atoms with Gasteiger partial charge in [0, 0.05) is 44.3 Å². The van der Waals surface area contributed by atoms with Gasteiger partial charge < -0.3 is 10.2 Å². The van der Waals surface area contributed by atoms with E-state index in [1.165, 1.54) is 4.88 Å². The second-order valence-corrected chi connectivity index (χ2v) is 7.46. The van der Waals surface area contributed by atoms with Crippen LogP contribution in [0.25, 0.3) is 0 Å². The van der Waals surface area contributed by atoms with Crippen molar-refractivity contribution in [3.8, 4) is 0 Å². The summed E-state index contributed by atoms with van der Waals surface area (Å²) in [6.45, 7) is 2.99. The zero-order chi connectivity index (χ0) is 16.9. The van der Waals surface area contributed by atoms with Gasteiger partial charge in [-0.05, 0) is 43.0 Å². The average molecular weight is 344 g/mol. The first-order valence-electron chi connectivity index (χ1n) is 8.31. The van der Waals surface area contributed by atoms with Gasteiger partial charge >= 0.3 is 0 Å². The minimum absolute atomic E-state index is 0.0317. The first-order valence-corrected chi connectivity index (χ1v) is 9.19. The van der Waals surface area contributed by atoms with Crippen LogP contribution in [0.1, 0.15) is 28.1 Å². The number of hydrogen-bond donors (Lipinski definition) is 1. The summed E-state index contributed by atoms with van der Waals surface area (Å²) in [5, 5.41) is 5.28. The molecule has 1 atom stereocenters. The maximum atomic E-state index is 12.4. The number of aromatic nitrogens is 1. The lowest BCUT2D eigenvalue weighted by Gasteiger charge is -2.32. The third-order valence-electron chi connectivity index (χ3n) is 4.27. The molecule has 128 valence electrons. The molecule has 0 aliphatic carbocycles. The van der Waals surface area contributed by atoms with Crippen LogP contribution in [0.15, 0.2) is 35.8 Å². The maximum Gasteiger partial charge on any atom is 0.253 e. The summed E-state index contributed by atoms with van der Waals surface area (Å²) in [7, 11) is 3.87. The number of pyridine rings is 1. The van der Waals surface area contributed by atoms with Gasteiger partial charge in [0.1, 0.15) is 5.82 Å². The average Bonchev–Trinajstić information content (AvgIpc) is 3.08. The fourth-order valence-corrected chi connectivity index (χ4v) is 3.74. The molecule has 5 nitrogen and oxygen atoms in total. The first kappa shape index (κ1) is 16.9. The second kappa shape index (κ2) is 7.77. The molecule has 3 rings (SSSR count). The highest BCUT2D eigenvalue weighted by atomic mass is 32.1. The molecule has 0 aromatic carbocycles. The quantitative estimate of drug-likeness (QED) is 0.906. The van der Waals surface area contributed by atoms with Crippen LogP contribution in [-0.4, -0.2) is 49.0 Å². The van der Waals surface area contributed by atoms with Gasteiger partial charge in [0.05, 0.1) is 5.56 Å². The molecule has 6 heteroatoms. The Kier molecular flexibility index (Phi) is 5.48. The van der Waals surface area contributed by atoms with Gasteiger partial charge in [0.15, 0.2) is 0 Å². The molecule has 0 radical (unpaired) electrons. The number of nitrogens with one attached hydrogen (secondary N) is 1. The van der Waals surface area contributed by atoms with E-state index in [9.17, 15) is 4.79 Å². The topological polar surface area (TPSA) is 48.5 Å². The van der Waals surface area contributed by atoms with Gasteiger partial charge in [-0.25, -0.2) is 4.98 Å². The van der Waals surface area contributed by atoms with E-state index < -0.39 is 0 Å². The Morgan fingerprint density at radius 3 is 2.96 bits per heavy atom. The largest absolute Gasteiger partial charge is 0.363 e. The lowest BCUT2D eigenvalue weighted by molar-refractivity contribution is 0.0901. The maximum absolute atomic E-state index is 12.4. The molecular formula is C18H24N4OS. The zero-order valence-electron chi connectivity index (χ0n) is 14.2. The number of likely N-dealkylation sites (tertiary alicyclic amines) is 1. The molecule has 0 spiro atoms. The first-order chi connectivity index (χ1) is 11.6. The highest BCUT2D eigenvalue weighted by Crippen LogP contribution is 2.17. The number of hydrogen-bond acceptors (Lipinski definition) is 5. The Hall–Kier alpha value is -1.92. The zero-order valence-corrected chi connectivity index (χ0v) is 15.1. The summed E-state index contributed by atoms with van der Waals surface area (Å²) in [6.07, 6.45) is 3.81. The third kappa shape index (κ3) is 4.33. The van der Waals surface area contributed by atoms with Crippen molar-refractivity contribution in [2.24, 2.45) is 0 Å². The molecule has 24 heavy (non-hydrogen) atoms. The van der Waals surface area contributed by atoms with Crippen LogP contribution in [0, 0.1) is 0 Å². The van der Waals surface area contributed by atoms with E-state index in [0.29, 0.717) is 5.56 Å². The Balaban J connectivity index is 1.55. The Morgan fingerprint density at radius 1 is 1.42 bits per heavy atom. The number of rotatable bonds is 5. The van der Waals surface area contributed by atoms with E-state index in [0.717, 1.165) is 38.3 Å².